The second-order valence-electron chi connectivity index (χ2n) is 3.97. The van der Waals surface area contributed by atoms with Crippen LogP contribution in [0, 0.1) is 10.1 Å². The van der Waals surface area contributed by atoms with Crippen LogP contribution in [0.2, 0.25) is 0 Å². The van der Waals surface area contributed by atoms with E-state index in [2.05, 4.69) is 10.2 Å². The highest BCUT2D eigenvalue weighted by molar-refractivity contribution is 7.99. The first-order valence-corrected chi connectivity index (χ1v) is 6.64. The number of nitrogens with zero attached hydrogens (tertiary/aromatic N) is 4. The van der Waals surface area contributed by atoms with Crippen molar-refractivity contribution in [2.45, 2.75) is 23.4 Å². The lowest BCUT2D eigenvalue weighted by Crippen LogP contribution is -2.13. The second kappa shape index (κ2) is 5.79. The number of hydrogen-bond donors (Lipinski definition) is 2. The minimum absolute atomic E-state index is 0.185. The average Bonchev–Trinajstić information content (AvgIpc) is 2.79. The molecule has 0 radical (unpaired) electrons. The van der Waals surface area contributed by atoms with Gasteiger partial charge in [0.15, 0.2) is 5.82 Å². The summed E-state index contributed by atoms with van der Waals surface area (Å²) in [5.41, 5.74) is -0.476. The zero-order valence-electron chi connectivity index (χ0n) is 10.9. The summed E-state index contributed by atoms with van der Waals surface area (Å²) in [7, 11) is 0. The fourth-order valence-electron chi connectivity index (χ4n) is 1.60. The van der Waals surface area contributed by atoms with Crippen LogP contribution in [0.5, 0.6) is 0 Å². The second-order valence-corrected chi connectivity index (χ2v) is 4.98. The Bertz CT molecular complexity index is 715. The van der Waals surface area contributed by atoms with E-state index in [-0.39, 0.29) is 11.3 Å². The van der Waals surface area contributed by atoms with Crippen molar-refractivity contribution in [2.75, 3.05) is 5.84 Å². The Morgan fingerprint density at radius 3 is 2.76 bits per heavy atom. The first kappa shape index (κ1) is 14.8. The summed E-state index contributed by atoms with van der Waals surface area (Å²) < 4.78 is 1.26. The van der Waals surface area contributed by atoms with Gasteiger partial charge in [-0.2, -0.15) is 0 Å². The van der Waals surface area contributed by atoms with Crippen molar-refractivity contribution in [3.8, 4) is 0 Å². The molecule has 0 fully saturated rings. The number of hydrogen-bond acceptors (Lipinski definition) is 7. The van der Waals surface area contributed by atoms with Crippen molar-refractivity contribution >= 4 is 23.4 Å². The molecule has 0 saturated heterocycles. The third-order valence-corrected chi connectivity index (χ3v) is 3.69. The maximum atomic E-state index is 11.2. The number of carboxylic acid groups (broad SMARTS) is 1. The molecule has 0 aliphatic carbocycles. The van der Waals surface area contributed by atoms with E-state index in [0.717, 1.165) is 17.8 Å². The lowest BCUT2D eigenvalue weighted by molar-refractivity contribution is -0.384. The van der Waals surface area contributed by atoms with Gasteiger partial charge in [-0.15, -0.1) is 10.2 Å². The summed E-state index contributed by atoms with van der Waals surface area (Å²) in [4.78, 5) is 21.6. The molecule has 1 heterocycles. The lowest BCUT2D eigenvalue weighted by atomic mass is 10.2. The molecule has 0 saturated carbocycles. The summed E-state index contributed by atoms with van der Waals surface area (Å²) in [5.74, 6) is 5.07. The van der Waals surface area contributed by atoms with Gasteiger partial charge < -0.3 is 10.9 Å². The van der Waals surface area contributed by atoms with E-state index >= 15 is 0 Å². The van der Waals surface area contributed by atoms with Gasteiger partial charge in [0.2, 0.25) is 5.16 Å². The van der Waals surface area contributed by atoms with E-state index in [4.69, 9.17) is 10.9 Å². The first-order valence-electron chi connectivity index (χ1n) is 5.83. The van der Waals surface area contributed by atoms with Crippen LogP contribution in [-0.4, -0.2) is 30.9 Å². The van der Waals surface area contributed by atoms with Crippen LogP contribution >= 0.6 is 11.8 Å². The van der Waals surface area contributed by atoms with Gasteiger partial charge in [-0.05, 0) is 17.8 Å². The third-order valence-electron chi connectivity index (χ3n) is 2.66. The molecule has 3 N–H and O–H groups in total. The summed E-state index contributed by atoms with van der Waals surface area (Å²) in [6.45, 7) is 1.86. The highest BCUT2D eigenvalue weighted by Gasteiger charge is 2.19. The number of carboxylic acids is 1. The Balaban J connectivity index is 2.41. The summed E-state index contributed by atoms with van der Waals surface area (Å²) in [5, 5.41) is 27.9. The molecule has 2 rings (SSSR count). The molecule has 2 aromatic rings. The number of nitrogens with two attached hydrogens (primary N) is 1. The Labute approximate surface area is 122 Å². The summed E-state index contributed by atoms with van der Waals surface area (Å²) >= 11 is 0.987. The highest BCUT2D eigenvalue weighted by atomic mass is 32.2. The molecule has 0 aliphatic rings. The molecule has 110 valence electrons. The zero-order chi connectivity index (χ0) is 15.6. The molecule has 0 bridgehead atoms. The number of nitrogen functional groups attached to an aromatic ring is 1. The van der Waals surface area contributed by atoms with E-state index in [1.54, 1.807) is 0 Å². The molecule has 0 unspecified atom stereocenters. The maximum absolute atomic E-state index is 11.2. The number of aryl methyl sites for hydroxylation is 1. The Hall–Kier alpha value is -2.62. The molecule has 0 atom stereocenters. The number of nitro groups is 1. The number of nitro benzene ring substituents is 1. The largest absolute Gasteiger partial charge is 0.478 e. The topological polar surface area (TPSA) is 137 Å². The van der Waals surface area contributed by atoms with Crippen molar-refractivity contribution in [1.29, 1.82) is 0 Å². The minimum atomic E-state index is -1.26. The van der Waals surface area contributed by atoms with Gasteiger partial charge in [0.05, 0.1) is 10.5 Å². The van der Waals surface area contributed by atoms with Crippen molar-refractivity contribution in [3.63, 3.8) is 0 Å². The monoisotopic (exact) mass is 309 g/mol. The SMILES string of the molecule is CCc1nnc(Sc2ccc([N+](=O)[O-])cc2C(=O)O)n1N. The summed E-state index contributed by atoms with van der Waals surface area (Å²) in [6, 6.07) is 3.59. The van der Waals surface area contributed by atoms with Crippen LogP contribution in [0.4, 0.5) is 5.69 Å². The average molecular weight is 309 g/mol. The fourth-order valence-corrected chi connectivity index (χ4v) is 2.48. The molecule has 1 aromatic carbocycles. The Morgan fingerprint density at radius 1 is 1.52 bits per heavy atom. The number of aromatic carboxylic acids is 1. The van der Waals surface area contributed by atoms with Crippen molar-refractivity contribution in [2.24, 2.45) is 0 Å². The normalized spacial score (nSPS) is 10.5. The summed E-state index contributed by atoms with van der Waals surface area (Å²) in [6.07, 6.45) is 0.579. The van der Waals surface area contributed by atoms with Gasteiger partial charge in [0.1, 0.15) is 0 Å². The van der Waals surface area contributed by atoms with E-state index < -0.39 is 10.9 Å². The van der Waals surface area contributed by atoms with Crippen molar-refractivity contribution < 1.29 is 14.8 Å². The number of aromatic nitrogens is 3. The van der Waals surface area contributed by atoms with E-state index in [9.17, 15) is 14.9 Å². The van der Waals surface area contributed by atoms with Crippen LogP contribution in [0.25, 0.3) is 0 Å². The van der Waals surface area contributed by atoms with E-state index in [1.165, 1.54) is 16.8 Å². The standard InChI is InChI=1S/C11H11N5O4S/c1-2-9-13-14-11(15(9)12)21-8-4-3-6(16(19)20)5-7(8)10(17)18/h3-5H,2,12H2,1H3,(H,17,18). The molecule has 0 spiro atoms. The molecular formula is C11H11N5O4S. The minimum Gasteiger partial charge on any atom is -0.478 e. The van der Waals surface area contributed by atoms with Crippen LogP contribution in [-0.2, 0) is 6.42 Å². The maximum Gasteiger partial charge on any atom is 0.337 e. The molecule has 1 aromatic heterocycles. The Kier molecular flexibility index (Phi) is 4.08. The van der Waals surface area contributed by atoms with Crippen molar-refractivity contribution in [1.82, 2.24) is 14.9 Å². The van der Waals surface area contributed by atoms with Crippen LogP contribution in [0.3, 0.4) is 0 Å². The van der Waals surface area contributed by atoms with Crippen LogP contribution in [0.15, 0.2) is 28.3 Å². The predicted octanol–water partition coefficient (Wildman–Crippen LogP) is 1.31. The highest BCUT2D eigenvalue weighted by Crippen LogP contribution is 2.31. The quantitative estimate of drug-likeness (QED) is 0.479. The molecule has 0 amide bonds. The number of rotatable bonds is 5. The van der Waals surface area contributed by atoms with Gasteiger partial charge in [-0.3, -0.25) is 10.1 Å². The number of carbonyl (C=O) groups is 1. The lowest BCUT2D eigenvalue weighted by Gasteiger charge is -2.05. The third kappa shape index (κ3) is 2.94. The molecule has 10 heteroatoms. The van der Waals surface area contributed by atoms with Gasteiger partial charge in [-0.25, -0.2) is 9.47 Å². The van der Waals surface area contributed by atoms with Crippen molar-refractivity contribution in [3.05, 3.63) is 39.7 Å². The number of non-ortho nitro benzene ring substituents is 1. The Morgan fingerprint density at radius 2 is 2.24 bits per heavy atom. The van der Waals surface area contributed by atoms with Gasteiger partial charge in [-0.1, -0.05) is 6.92 Å². The predicted molar refractivity (Wildman–Crippen MR) is 73.7 cm³/mol. The fraction of sp³-hybridized carbons (Fsp3) is 0.182. The molecule has 0 aliphatic heterocycles. The zero-order valence-corrected chi connectivity index (χ0v) is 11.7. The van der Waals surface area contributed by atoms with E-state index in [0.29, 0.717) is 22.3 Å². The molecular weight excluding hydrogens is 298 g/mol. The van der Waals surface area contributed by atoms with Gasteiger partial charge in [0, 0.05) is 23.4 Å². The smallest absolute Gasteiger partial charge is 0.337 e. The molecule has 21 heavy (non-hydrogen) atoms. The first-order chi connectivity index (χ1) is 9.93. The van der Waals surface area contributed by atoms with Crippen LogP contribution < -0.4 is 5.84 Å². The molecule has 9 nitrogen and oxygen atoms in total. The van der Waals surface area contributed by atoms with Gasteiger partial charge in [0.25, 0.3) is 5.69 Å². The van der Waals surface area contributed by atoms with Crippen LogP contribution in [0.1, 0.15) is 23.1 Å². The van der Waals surface area contributed by atoms with E-state index in [1.807, 2.05) is 6.92 Å². The van der Waals surface area contributed by atoms with Gasteiger partial charge >= 0.3 is 5.97 Å². The number of benzene rings is 1.